The third-order valence-electron chi connectivity index (χ3n) is 4.19. The highest BCUT2D eigenvalue weighted by molar-refractivity contribution is 9.10. The molecule has 2 rings (SSSR count). The van der Waals surface area contributed by atoms with Gasteiger partial charge >= 0.3 is 0 Å². The largest absolute Gasteiger partial charge is 0.490 e. The normalized spacial score (nSPS) is 10.3. The number of anilines is 1. The average molecular weight is 537 g/mol. The Balaban J connectivity index is 1.91. The van der Waals surface area contributed by atoms with Crippen molar-refractivity contribution in [3.63, 3.8) is 0 Å². The van der Waals surface area contributed by atoms with E-state index in [-0.39, 0.29) is 29.1 Å². The van der Waals surface area contributed by atoms with Crippen molar-refractivity contribution in [3.8, 4) is 5.75 Å². The van der Waals surface area contributed by atoms with E-state index in [0.29, 0.717) is 28.1 Å². The van der Waals surface area contributed by atoms with Crippen molar-refractivity contribution in [1.82, 2.24) is 16.2 Å². The minimum atomic E-state index is -0.513. The zero-order valence-electron chi connectivity index (χ0n) is 18.4. The van der Waals surface area contributed by atoms with Crippen LogP contribution < -0.4 is 26.2 Å². The molecule has 0 aliphatic carbocycles. The van der Waals surface area contributed by atoms with Gasteiger partial charge in [-0.05, 0) is 54.7 Å². The molecule has 0 fully saturated rings. The van der Waals surface area contributed by atoms with Gasteiger partial charge in [-0.1, -0.05) is 29.8 Å². The van der Waals surface area contributed by atoms with Crippen LogP contribution in [0.1, 0.15) is 34.6 Å². The van der Waals surface area contributed by atoms with Crippen LogP contribution >= 0.6 is 28.1 Å². The highest BCUT2D eigenvalue weighted by atomic mass is 79.9. The van der Waals surface area contributed by atoms with Crippen molar-refractivity contribution in [2.24, 2.45) is 5.92 Å². The summed E-state index contributed by atoms with van der Waals surface area (Å²) in [5.74, 6) is -0.893. The van der Waals surface area contributed by atoms with Crippen LogP contribution in [0.25, 0.3) is 0 Å². The van der Waals surface area contributed by atoms with Crippen LogP contribution in [0.3, 0.4) is 0 Å². The predicted octanol–water partition coefficient (Wildman–Crippen LogP) is 3.02. The fraction of sp³-hybridized carbons (Fsp3) is 0.273. The quantitative estimate of drug-likeness (QED) is 0.232. The van der Waals surface area contributed by atoms with Crippen LogP contribution in [0.4, 0.5) is 5.69 Å². The lowest BCUT2D eigenvalue weighted by Gasteiger charge is -2.14. The maximum atomic E-state index is 12.6. The van der Waals surface area contributed by atoms with E-state index in [1.54, 1.807) is 63.4 Å². The van der Waals surface area contributed by atoms with Gasteiger partial charge in [-0.15, -0.1) is 0 Å². The number of amides is 3. The molecule has 11 heteroatoms. The predicted molar refractivity (Wildman–Crippen MR) is 132 cm³/mol. The van der Waals surface area contributed by atoms with Gasteiger partial charge in [0.2, 0.25) is 5.91 Å². The van der Waals surface area contributed by atoms with Crippen molar-refractivity contribution in [1.29, 1.82) is 0 Å². The monoisotopic (exact) mass is 536 g/mol. The maximum Gasteiger partial charge on any atom is 0.269 e. The molecule has 0 aliphatic rings. The van der Waals surface area contributed by atoms with Crippen LogP contribution in [0, 0.1) is 5.92 Å². The van der Waals surface area contributed by atoms with Gasteiger partial charge in [0, 0.05) is 28.8 Å². The van der Waals surface area contributed by atoms with Crippen LogP contribution in [0.5, 0.6) is 5.75 Å². The molecular weight excluding hydrogens is 512 g/mol. The summed E-state index contributed by atoms with van der Waals surface area (Å²) in [4.78, 5) is 36.7. The van der Waals surface area contributed by atoms with E-state index < -0.39 is 11.8 Å². The summed E-state index contributed by atoms with van der Waals surface area (Å²) in [6.07, 6.45) is 0. The number of benzene rings is 2. The molecule has 4 N–H and O–H groups in total. The molecule has 0 saturated carbocycles. The number of rotatable bonds is 8. The molecule has 0 unspecified atom stereocenters. The summed E-state index contributed by atoms with van der Waals surface area (Å²) >= 11 is 8.42. The summed E-state index contributed by atoms with van der Waals surface area (Å²) in [5.41, 5.74) is 6.07. The summed E-state index contributed by atoms with van der Waals surface area (Å²) in [5, 5.41) is 5.13. The number of methoxy groups -OCH3 is 1. The fourth-order valence-corrected chi connectivity index (χ4v) is 2.92. The standard InChI is InChI=1S/C22H25BrN4O5S/c1-13(2)19(28)24-16-7-4-14(5-8-16)20(29)26-27-22(33)25-21(30)17-12-15(23)6-9-18(17)32-11-10-31-3/h4-9,12-13H,10-11H2,1-3H3,(H,24,28)(H,26,29)(H2,25,27,30,33). The maximum absolute atomic E-state index is 12.6. The number of ether oxygens (including phenoxy) is 2. The Labute approximate surface area is 205 Å². The second-order valence-electron chi connectivity index (χ2n) is 7.07. The van der Waals surface area contributed by atoms with Crippen LogP contribution in [0.15, 0.2) is 46.9 Å². The number of halogens is 1. The number of hydrazine groups is 1. The first-order valence-corrected chi connectivity index (χ1v) is 11.1. The molecule has 0 radical (unpaired) electrons. The Morgan fingerprint density at radius 2 is 1.70 bits per heavy atom. The number of hydrogen-bond acceptors (Lipinski definition) is 6. The smallest absolute Gasteiger partial charge is 0.269 e. The molecular formula is C22H25BrN4O5S. The van der Waals surface area contributed by atoms with Crippen molar-refractivity contribution >= 4 is 56.7 Å². The Hall–Kier alpha value is -3.02. The molecule has 0 bridgehead atoms. The second kappa shape index (κ2) is 12.9. The zero-order valence-corrected chi connectivity index (χ0v) is 20.8. The molecule has 2 aromatic rings. The highest BCUT2D eigenvalue weighted by Crippen LogP contribution is 2.23. The van der Waals surface area contributed by atoms with E-state index >= 15 is 0 Å². The third kappa shape index (κ3) is 8.44. The van der Waals surface area contributed by atoms with E-state index in [4.69, 9.17) is 21.7 Å². The Morgan fingerprint density at radius 3 is 2.33 bits per heavy atom. The van der Waals surface area contributed by atoms with Crippen molar-refractivity contribution < 1.29 is 23.9 Å². The number of carbonyl (C=O) groups is 3. The molecule has 9 nitrogen and oxygen atoms in total. The van der Waals surface area contributed by atoms with Crippen LogP contribution in [0.2, 0.25) is 0 Å². The SMILES string of the molecule is COCCOc1ccc(Br)cc1C(=O)NC(=S)NNC(=O)c1ccc(NC(=O)C(C)C)cc1. The van der Waals surface area contributed by atoms with E-state index in [1.165, 1.54) is 0 Å². The minimum absolute atomic E-state index is 0.100. The first-order chi connectivity index (χ1) is 15.7. The van der Waals surface area contributed by atoms with Gasteiger partial charge in [-0.3, -0.25) is 30.6 Å². The second-order valence-corrected chi connectivity index (χ2v) is 8.39. The molecule has 2 aromatic carbocycles. The van der Waals surface area contributed by atoms with Crippen molar-refractivity contribution in [3.05, 3.63) is 58.1 Å². The van der Waals surface area contributed by atoms with Crippen molar-refractivity contribution in [2.45, 2.75) is 13.8 Å². The summed E-state index contributed by atoms with van der Waals surface area (Å²) < 4.78 is 11.2. The van der Waals surface area contributed by atoms with Gasteiger partial charge in [-0.2, -0.15) is 0 Å². The van der Waals surface area contributed by atoms with Gasteiger partial charge in [0.05, 0.1) is 12.2 Å². The van der Waals surface area contributed by atoms with Crippen molar-refractivity contribution in [2.75, 3.05) is 25.6 Å². The number of thiocarbonyl (C=S) groups is 1. The molecule has 176 valence electrons. The Kier molecular flexibility index (Phi) is 10.2. The van der Waals surface area contributed by atoms with Gasteiger partial charge in [0.25, 0.3) is 11.8 Å². The number of nitrogens with one attached hydrogen (secondary N) is 4. The minimum Gasteiger partial charge on any atom is -0.490 e. The fourth-order valence-electron chi connectivity index (χ4n) is 2.42. The number of hydrogen-bond donors (Lipinski definition) is 4. The molecule has 0 aromatic heterocycles. The molecule has 0 aliphatic heterocycles. The molecule has 0 atom stereocenters. The van der Waals surface area contributed by atoms with Gasteiger partial charge in [-0.25, -0.2) is 0 Å². The lowest BCUT2D eigenvalue weighted by molar-refractivity contribution is -0.118. The summed E-state index contributed by atoms with van der Waals surface area (Å²) in [6, 6.07) is 11.3. The topological polar surface area (TPSA) is 118 Å². The van der Waals surface area contributed by atoms with Crippen LogP contribution in [-0.2, 0) is 9.53 Å². The Morgan fingerprint density at radius 1 is 1.00 bits per heavy atom. The highest BCUT2D eigenvalue weighted by Gasteiger charge is 2.15. The van der Waals surface area contributed by atoms with Gasteiger partial charge in [0.15, 0.2) is 5.11 Å². The molecule has 0 spiro atoms. The molecule has 3 amide bonds. The van der Waals surface area contributed by atoms with E-state index in [2.05, 4.69) is 37.4 Å². The van der Waals surface area contributed by atoms with Gasteiger partial charge < -0.3 is 14.8 Å². The summed E-state index contributed by atoms with van der Waals surface area (Å²) in [7, 11) is 1.55. The average Bonchev–Trinajstić information content (AvgIpc) is 2.78. The molecule has 33 heavy (non-hydrogen) atoms. The number of carbonyl (C=O) groups excluding carboxylic acids is 3. The summed E-state index contributed by atoms with van der Waals surface area (Å²) in [6.45, 7) is 4.22. The van der Waals surface area contributed by atoms with Gasteiger partial charge in [0.1, 0.15) is 12.4 Å². The lowest BCUT2D eigenvalue weighted by Crippen LogP contribution is -2.48. The van der Waals surface area contributed by atoms with E-state index in [9.17, 15) is 14.4 Å². The lowest BCUT2D eigenvalue weighted by atomic mass is 10.1. The first-order valence-electron chi connectivity index (χ1n) is 9.95. The van der Waals surface area contributed by atoms with E-state index in [0.717, 1.165) is 0 Å². The zero-order chi connectivity index (χ0) is 24.4. The van der Waals surface area contributed by atoms with E-state index in [1.807, 2.05) is 0 Å². The molecule has 0 heterocycles. The van der Waals surface area contributed by atoms with Crippen LogP contribution in [-0.4, -0.2) is 43.2 Å². The Bertz CT molecular complexity index is 1010. The third-order valence-corrected chi connectivity index (χ3v) is 4.88. The first kappa shape index (κ1) is 26.2. The molecule has 0 saturated heterocycles.